The Labute approximate surface area is 101 Å². The molecule has 4 heteroatoms. The van der Waals surface area contributed by atoms with Crippen molar-refractivity contribution in [3.63, 3.8) is 0 Å². The van der Waals surface area contributed by atoms with Crippen LogP contribution in [0.4, 0.5) is 0 Å². The fraction of sp³-hybridized carbons (Fsp3) is 0.462. The van der Waals surface area contributed by atoms with Crippen LogP contribution in [0, 0.1) is 0 Å². The lowest BCUT2D eigenvalue weighted by molar-refractivity contribution is 0.112. The van der Waals surface area contributed by atoms with Crippen molar-refractivity contribution >= 4 is 6.29 Å². The molecule has 1 atom stereocenters. The van der Waals surface area contributed by atoms with Gasteiger partial charge in [-0.15, -0.1) is 0 Å². The van der Waals surface area contributed by atoms with Crippen molar-refractivity contribution in [1.82, 2.24) is 5.32 Å². The molecule has 2 rings (SSSR count). The lowest BCUT2D eigenvalue weighted by atomic mass is 9.99. The van der Waals surface area contributed by atoms with E-state index in [1.165, 1.54) is 19.6 Å². The summed E-state index contributed by atoms with van der Waals surface area (Å²) in [7, 11) is 1.51. The van der Waals surface area contributed by atoms with Crippen molar-refractivity contribution in [3.05, 3.63) is 23.3 Å². The van der Waals surface area contributed by atoms with Gasteiger partial charge in [-0.2, -0.15) is 0 Å². The summed E-state index contributed by atoms with van der Waals surface area (Å²) in [6.07, 6.45) is 3.88. The maximum atomic E-state index is 11.0. The Morgan fingerprint density at radius 3 is 3.00 bits per heavy atom. The average Bonchev–Trinajstić information content (AvgIpc) is 2.83. The van der Waals surface area contributed by atoms with E-state index in [9.17, 15) is 9.90 Å². The molecule has 0 saturated carbocycles. The molecule has 1 aliphatic heterocycles. The first-order valence-electron chi connectivity index (χ1n) is 5.83. The van der Waals surface area contributed by atoms with E-state index < -0.39 is 0 Å². The third-order valence-electron chi connectivity index (χ3n) is 3.20. The molecule has 1 heterocycles. The van der Waals surface area contributed by atoms with E-state index in [2.05, 4.69) is 5.32 Å². The number of aldehydes is 1. The molecule has 0 radical (unpaired) electrons. The van der Waals surface area contributed by atoms with Gasteiger partial charge in [-0.1, -0.05) is 0 Å². The number of methoxy groups -OCH3 is 1. The van der Waals surface area contributed by atoms with Crippen LogP contribution in [0.2, 0.25) is 0 Å². The molecule has 0 amide bonds. The minimum Gasteiger partial charge on any atom is -0.504 e. The molecular weight excluding hydrogens is 218 g/mol. The number of hydrogen-bond acceptors (Lipinski definition) is 4. The molecule has 0 aromatic heterocycles. The molecule has 4 nitrogen and oxygen atoms in total. The number of carbonyl (C=O) groups excluding carboxylic acids is 1. The molecule has 92 valence electrons. The Morgan fingerprint density at radius 1 is 1.59 bits per heavy atom. The van der Waals surface area contributed by atoms with E-state index in [-0.39, 0.29) is 5.75 Å². The van der Waals surface area contributed by atoms with E-state index in [4.69, 9.17) is 4.74 Å². The summed E-state index contributed by atoms with van der Waals surface area (Å²) < 4.78 is 5.06. The van der Waals surface area contributed by atoms with Crippen LogP contribution < -0.4 is 10.1 Å². The van der Waals surface area contributed by atoms with E-state index in [0.717, 1.165) is 31.2 Å². The van der Waals surface area contributed by atoms with Crippen molar-refractivity contribution in [2.45, 2.75) is 25.3 Å². The van der Waals surface area contributed by atoms with E-state index in [1.807, 2.05) is 0 Å². The highest BCUT2D eigenvalue weighted by atomic mass is 16.5. The topological polar surface area (TPSA) is 58.6 Å². The highest BCUT2D eigenvalue weighted by molar-refractivity contribution is 5.79. The van der Waals surface area contributed by atoms with Gasteiger partial charge in [0, 0.05) is 11.6 Å². The summed E-state index contributed by atoms with van der Waals surface area (Å²) in [5.74, 6) is 0.432. The zero-order valence-corrected chi connectivity index (χ0v) is 9.90. The van der Waals surface area contributed by atoms with Crippen LogP contribution in [0.5, 0.6) is 11.5 Å². The molecule has 1 unspecified atom stereocenters. The van der Waals surface area contributed by atoms with Gasteiger partial charge >= 0.3 is 0 Å². The molecule has 1 saturated heterocycles. The minimum absolute atomic E-state index is 0.0118. The van der Waals surface area contributed by atoms with Crippen LogP contribution in [0.25, 0.3) is 0 Å². The molecule has 1 aromatic rings. The van der Waals surface area contributed by atoms with Gasteiger partial charge in [-0.05, 0) is 43.5 Å². The van der Waals surface area contributed by atoms with Gasteiger partial charge in [0.05, 0.1) is 7.11 Å². The maximum Gasteiger partial charge on any atom is 0.160 e. The number of phenols is 1. The maximum absolute atomic E-state index is 11.0. The Hall–Kier alpha value is -1.55. The molecular formula is C13H17NO3. The highest BCUT2D eigenvalue weighted by Gasteiger charge is 2.17. The van der Waals surface area contributed by atoms with Crippen LogP contribution in [0.15, 0.2) is 12.1 Å². The van der Waals surface area contributed by atoms with Gasteiger partial charge in [0.25, 0.3) is 0 Å². The first-order valence-corrected chi connectivity index (χ1v) is 5.83. The average molecular weight is 235 g/mol. The second-order valence-corrected chi connectivity index (χ2v) is 4.34. The quantitative estimate of drug-likeness (QED) is 0.777. The van der Waals surface area contributed by atoms with Crippen molar-refractivity contribution in [2.24, 2.45) is 0 Å². The van der Waals surface area contributed by atoms with E-state index >= 15 is 0 Å². The number of hydrogen-bond donors (Lipinski definition) is 2. The summed E-state index contributed by atoms with van der Waals surface area (Å²) in [4.78, 5) is 11.0. The lowest BCUT2D eigenvalue weighted by Gasteiger charge is -2.13. The Balaban J connectivity index is 2.26. The van der Waals surface area contributed by atoms with Gasteiger partial charge in [0.15, 0.2) is 11.5 Å². The zero-order chi connectivity index (χ0) is 12.3. The Kier molecular flexibility index (Phi) is 3.64. The highest BCUT2D eigenvalue weighted by Crippen LogP contribution is 2.30. The van der Waals surface area contributed by atoms with Crippen molar-refractivity contribution in [2.75, 3.05) is 13.7 Å². The molecule has 1 aromatic carbocycles. The number of rotatable bonds is 4. The van der Waals surface area contributed by atoms with Gasteiger partial charge in [-0.25, -0.2) is 0 Å². The third kappa shape index (κ3) is 2.58. The fourth-order valence-corrected chi connectivity index (χ4v) is 2.27. The largest absolute Gasteiger partial charge is 0.504 e. The second-order valence-electron chi connectivity index (χ2n) is 4.34. The smallest absolute Gasteiger partial charge is 0.160 e. The number of ether oxygens (including phenoxy) is 1. The number of carbonyl (C=O) groups is 1. The van der Waals surface area contributed by atoms with Crippen LogP contribution >= 0.6 is 0 Å². The normalized spacial score (nSPS) is 19.2. The number of benzene rings is 1. The fourth-order valence-electron chi connectivity index (χ4n) is 2.27. The van der Waals surface area contributed by atoms with Crippen LogP contribution in [0.3, 0.4) is 0 Å². The number of phenolic OH excluding ortho intramolecular Hbond substituents is 1. The number of aromatic hydroxyl groups is 1. The monoisotopic (exact) mass is 235 g/mol. The Morgan fingerprint density at radius 2 is 2.41 bits per heavy atom. The van der Waals surface area contributed by atoms with Gasteiger partial charge in [-0.3, -0.25) is 4.79 Å². The first-order chi connectivity index (χ1) is 8.24. The van der Waals surface area contributed by atoms with Crippen molar-refractivity contribution < 1.29 is 14.6 Å². The molecule has 2 N–H and O–H groups in total. The van der Waals surface area contributed by atoms with Crippen LogP contribution in [-0.4, -0.2) is 31.1 Å². The van der Waals surface area contributed by atoms with E-state index in [0.29, 0.717) is 17.4 Å². The van der Waals surface area contributed by atoms with Gasteiger partial charge in [0.2, 0.25) is 0 Å². The summed E-state index contributed by atoms with van der Waals surface area (Å²) in [5.41, 5.74) is 1.46. The molecule has 0 aliphatic carbocycles. The van der Waals surface area contributed by atoms with Crippen LogP contribution in [-0.2, 0) is 6.42 Å². The molecule has 0 bridgehead atoms. The minimum atomic E-state index is 0.0118. The summed E-state index contributed by atoms with van der Waals surface area (Å²) in [6, 6.07) is 3.64. The van der Waals surface area contributed by atoms with Crippen LogP contribution in [0.1, 0.15) is 28.8 Å². The summed E-state index contributed by atoms with van der Waals surface area (Å²) in [5, 5.41) is 13.0. The van der Waals surface area contributed by atoms with Gasteiger partial charge in [0.1, 0.15) is 6.29 Å². The molecule has 1 aliphatic rings. The number of nitrogens with one attached hydrogen (secondary N) is 1. The predicted octanol–water partition coefficient (Wildman–Crippen LogP) is 1.51. The lowest BCUT2D eigenvalue weighted by Crippen LogP contribution is -2.24. The SMILES string of the molecule is COc1cc(CC2CCCN2)c(C=O)cc1O. The molecule has 1 fully saturated rings. The first kappa shape index (κ1) is 11.9. The van der Waals surface area contributed by atoms with Crippen molar-refractivity contribution in [1.29, 1.82) is 0 Å². The zero-order valence-electron chi connectivity index (χ0n) is 9.90. The Bertz CT molecular complexity index is 411. The second kappa shape index (κ2) is 5.19. The van der Waals surface area contributed by atoms with Crippen molar-refractivity contribution in [3.8, 4) is 11.5 Å². The molecule has 17 heavy (non-hydrogen) atoms. The third-order valence-corrected chi connectivity index (χ3v) is 3.20. The predicted molar refractivity (Wildman–Crippen MR) is 64.8 cm³/mol. The standard InChI is InChI=1S/C13H17NO3/c1-17-13-7-9(5-11-3-2-4-14-11)10(8-15)6-12(13)16/h6-8,11,14,16H,2-5H2,1H3. The van der Waals surface area contributed by atoms with Gasteiger partial charge < -0.3 is 15.2 Å². The molecule has 0 spiro atoms. The van der Waals surface area contributed by atoms with E-state index in [1.54, 1.807) is 6.07 Å². The summed E-state index contributed by atoms with van der Waals surface area (Å²) >= 11 is 0. The summed E-state index contributed by atoms with van der Waals surface area (Å²) in [6.45, 7) is 1.04.